The van der Waals surface area contributed by atoms with E-state index in [0.29, 0.717) is 25.3 Å². The summed E-state index contributed by atoms with van der Waals surface area (Å²) in [6, 6.07) is 19.7. The summed E-state index contributed by atoms with van der Waals surface area (Å²) in [5, 5.41) is 1.14. The molecule has 0 bridgehead atoms. The normalized spacial score (nSPS) is 14.4. The minimum atomic E-state index is 0.0580. The van der Waals surface area contributed by atoms with Crippen LogP contribution in [0.1, 0.15) is 17.3 Å². The maximum absolute atomic E-state index is 12.8. The Bertz CT molecular complexity index is 949. The fraction of sp³-hybridized carbons (Fsp3) is 0.273. The van der Waals surface area contributed by atoms with Crippen molar-refractivity contribution in [2.24, 2.45) is 0 Å². The number of pyridine rings is 1. The Morgan fingerprint density at radius 2 is 1.81 bits per heavy atom. The molecule has 5 heteroatoms. The van der Waals surface area contributed by atoms with E-state index in [0.717, 1.165) is 35.6 Å². The molecule has 1 saturated heterocycles. The highest BCUT2D eigenvalue weighted by Gasteiger charge is 2.23. The number of carbonyl (C=O) groups is 1. The summed E-state index contributed by atoms with van der Waals surface area (Å²) in [5.74, 6) is 1.77. The Kier molecular flexibility index (Phi) is 4.92. The van der Waals surface area contributed by atoms with Crippen LogP contribution in [0.5, 0.6) is 5.75 Å². The lowest BCUT2D eigenvalue weighted by Crippen LogP contribution is -2.49. The van der Waals surface area contributed by atoms with Crippen molar-refractivity contribution < 1.29 is 9.53 Å². The molecule has 3 aromatic rings. The average molecular weight is 361 g/mol. The number of piperazine rings is 1. The molecule has 2 aromatic carbocycles. The highest BCUT2D eigenvalue weighted by molar-refractivity contribution is 5.94. The summed E-state index contributed by atoms with van der Waals surface area (Å²) in [6.07, 6.45) is 0. The lowest BCUT2D eigenvalue weighted by atomic mass is 10.1. The van der Waals surface area contributed by atoms with Gasteiger partial charge in [0.1, 0.15) is 11.6 Å². The van der Waals surface area contributed by atoms with E-state index in [9.17, 15) is 4.79 Å². The van der Waals surface area contributed by atoms with Crippen molar-refractivity contribution in [3.05, 3.63) is 66.2 Å². The van der Waals surface area contributed by atoms with Gasteiger partial charge < -0.3 is 14.5 Å². The maximum Gasteiger partial charge on any atom is 0.254 e. The van der Waals surface area contributed by atoms with E-state index in [-0.39, 0.29) is 5.91 Å². The van der Waals surface area contributed by atoms with Crippen LogP contribution < -0.4 is 9.64 Å². The zero-order valence-electron chi connectivity index (χ0n) is 15.5. The molecular formula is C22H23N3O2. The van der Waals surface area contributed by atoms with Gasteiger partial charge in [0.25, 0.3) is 5.91 Å². The number of aromatic nitrogens is 1. The number of rotatable bonds is 4. The lowest BCUT2D eigenvalue weighted by molar-refractivity contribution is 0.0746. The maximum atomic E-state index is 12.8. The smallest absolute Gasteiger partial charge is 0.254 e. The standard InChI is InChI=1S/C22H23N3O2/c1-2-27-19-8-5-7-18(16-19)22(26)25-14-12-24(13-15-25)21-11-10-17-6-3-4-9-20(17)23-21/h3-11,16H,2,12-15H2,1H3. The van der Waals surface area contributed by atoms with Crippen molar-refractivity contribution in [1.29, 1.82) is 0 Å². The topological polar surface area (TPSA) is 45.7 Å². The number of para-hydroxylation sites is 1. The summed E-state index contributed by atoms with van der Waals surface area (Å²) in [5.41, 5.74) is 1.68. The third-order valence-corrected chi connectivity index (χ3v) is 4.87. The van der Waals surface area contributed by atoms with Crippen LogP contribution >= 0.6 is 0 Å². The number of ether oxygens (including phenoxy) is 1. The Morgan fingerprint density at radius 3 is 2.63 bits per heavy atom. The summed E-state index contributed by atoms with van der Waals surface area (Å²) in [7, 11) is 0. The first kappa shape index (κ1) is 17.3. The van der Waals surface area contributed by atoms with Crippen molar-refractivity contribution in [2.75, 3.05) is 37.7 Å². The monoisotopic (exact) mass is 361 g/mol. The van der Waals surface area contributed by atoms with Gasteiger partial charge in [0.05, 0.1) is 12.1 Å². The van der Waals surface area contributed by atoms with Gasteiger partial charge in [-0.25, -0.2) is 4.98 Å². The second-order valence-corrected chi connectivity index (χ2v) is 6.60. The average Bonchev–Trinajstić information content (AvgIpc) is 2.73. The Balaban J connectivity index is 1.43. The molecule has 0 aliphatic carbocycles. The zero-order valence-corrected chi connectivity index (χ0v) is 15.5. The number of nitrogens with zero attached hydrogens (tertiary/aromatic N) is 3. The number of amides is 1. The lowest BCUT2D eigenvalue weighted by Gasteiger charge is -2.35. The predicted molar refractivity (Wildman–Crippen MR) is 107 cm³/mol. The molecule has 1 fully saturated rings. The number of carbonyl (C=O) groups excluding carboxylic acids is 1. The van der Waals surface area contributed by atoms with Crippen LogP contribution in [0.3, 0.4) is 0 Å². The van der Waals surface area contributed by atoms with Crippen molar-refractivity contribution in [2.45, 2.75) is 6.92 Å². The third kappa shape index (κ3) is 3.72. The van der Waals surface area contributed by atoms with Crippen molar-refractivity contribution >= 4 is 22.6 Å². The van der Waals surface area contributed by atoms with Gasteiger partial charge in [-0.05, 0) is 43.3 Å². The van der Waals surface area contributed by atoms with E-state index in [1.165, 1.54) is 0 Å². The molecule has 4 rings (SSSR count). The van der Waals surface area contributed by atoms with Crippen LogP contribution in [0.25, 0.3) is 10.9 Å². The van der Waals surface area contributed by atoms with Crippen LogP contribution in [-0.2, 0) is 0 Å². The van der Waals surface area contributed by atoms with Crippen molar-refractivity contribution in [3.8, 4) is 5.75 Å². The highest BCUT2D eigenvalue weighted by Crippen LogP contribution is 2.20. The number of anilines is 1. The summed E-state index contributed by atoms with van der Waals surface area (Å²) in [6.45, 7) is 5.46. The minimum Gasteiger partial charge on any atom is -0.494 e. The molecule has 0 spiro atoms. The molecular weight excluding hydrogens is 338 g/mol. The molecule has 138 valence electrons. The minimum absolute atomic E-state index is 0.0580. The van der Waals surface area contributed by atoms with Gasteiger partial charge in [-0.2, -0.15) is 0 Å². The number of fused-ring (bicyclic) bond motifs is 1. The van der Waals surface area contributed by atoms with Crippen molar-refractivity contribution in [1.82, 2.24) is 9.88 Å². The van der Waals surface area contributed by atoms with Crippen LogP contribution in [0.2, 0.25) is 0 Å². The SMILES string of the molecule is CCOc1cccc(C(=O)N2CCN(c3ccc4ccccc4n3)CC2)c1. The first-order valence-electron chi connectivity index (χ1n) is 9.37. The van der Waals surface area contributed by atoms with E-state index in [2.05, 4.69) is 23.1 Å². The molecule has 2 heterocycles. The van der Waals surface area contributed by atoms with E-state index < -0.39 is 0 Å². The largest absolute Gasteiger partial charge is 0.494 e. The predicted octanol–water partition coefficient (Wildman–Crippen LogP) is 3.60. The molecule has 0 unspecified atom stereocenters. The summed E-state index contributed by atoms with van der Waals surface area (Å²) >= 11 is 0. The second-order valence-electron chi connectivity index (χ2n) is 6.60. The molecule has 1 aliphatic heterocycles. The summed E-state index contributed by atoms with van der Waals surface area (Å²) in [4.78, 5) is 21.7. The molecule has 0 saturated carbocycles. The van der Waals surface area contributed by atoms with Gasteiger partial charge in [0.2, 0.25) is 0 Å². The first-order valence-corrected chi connectivity index (χ1v) is 9.37. The number of hydrogen-bond donors (Lipinski definition) is 0. The zero-order chi connectivity index (χ0) is 18.6. The van der Waals surface area contributed by atoms with Crippen LogP contribution in [0.4, 0.5) is 5.82 Å². The molecule has 0 N–H and O–H groups in total. The molecule has 0 atom stereocenters. The molecule has 0 radical (unpaired) electrons. The quantitative estimate of drug-likeness (QED) is 0.712. The van der Waals surface area contributed by atoms with E-state index in [4.69, 9.17) is 9.72 Å². The fourth-order valence-electron chi connectivity index (χ4n) is 3.44. The van der Waals surface area contributed by atoms with E-state index in [1.807, 2.05) is 54.3 Å². The second kappa shape index (κ2) is 7.66. The Labute approximate surface area is 159 Å². The van der Waals surface area contributed by atoms with Gasteiger partial charge in [0, 0.05) is 37.1 Å². The van der Waals surface area contributed by atoms with E-state index >= 15 is 0 Å². The Morgan fingerprint density at radius 1 is 1.00 bits per heavy atom. The van der Waals surface area contributed by atoms with Crippen LogP contribution in [0, 0.1) is 0 Å². The van der Waals surface area contributed by atoms with Crippen molar-refractivity contribution in [3.63, 3.8) is 0 Å². The molecule has 1 amide bonds. The molecule has 5 nitrogen and oxygen atoms in total. The number of benzene rings is 2. The van der Waals surface area contributed by atoms with Gasteiger partial charge >= 0.3 is 0 Å². The molecule has 27 heavy (non-hydrogen) atoms. The first-order chi connectivity index (χ1) is 13.2. The molecule has 1 aromatic heterocycles. The summed E-state index contributed by atoms with van der Waals surface area (Å²) < 4.78 is 5.51. The number of hydrogen-bond acceptors (Lipinski definition) is 4. The van der Waals surface area contributed by atoms with Gasteiger partial charge in [-0.3, -0.25) is 4.79 Å². The third-order valence-electron chi connectivity index (χ3n) is 4.87. The fourth-order valence-corrected chi connectivity index (χ4v) is 3.44. The van der Waals surface area contributed by atoms with E-state index in [1.54, 1.807) is 0 Å². The van der Waals surface area contributed by atoms with Gasteiger partial charge in [0.15, 0.2) is 0 Å². The van der Waals surface area contributed by atoms with Gasteiger partial charge in [-0.1, -0.05) is 24.3 Å². The highest BCUT2D eigenvalue weighted by atomic mass is 16.5. The van der Waals surface area contributed by atoms with Crippen LogP contribution in [0.15, 0.2) is 60.7 Å². The van der Waals surface area contributed by atoms with Crippen LogP contribution in [-0.4, -0.2) is 48.6 Å². The molecule has 1 aliphatic rings. The Hall–Kier alpha value is -3.08. The van der Waals surface area contributed by atoms with Gasteiger partial charge in [-0.15, -0.1) is 0 Å².